The van der Waals surface area contributed by atoms with Crippen LogP contribution in [0.2, 0.25) is 0 Å². The van der Waals surface area contributed by atoms with Crippen molar-refractivity contribution in [2.45, 2.75) is 6.54 Å². The zero-order chi connectivity index (χ0) is 15.1. The van der Waals surface area contributed by atoms with Gasteiger partial charge in [0.1, 0.15) is 0 Å². The monoisotopic (exact) mass is 285 g/mol. The fraction of sp³-hybridized carbons (Fsp3) is 0.133. The Labute approximate surface area is 121 Å². The number of nitro groups is 1. The van der Waals surface area contributed by atoms with Crippen molar-refractivity contribution >= 4 is 17.3 Å². The normalized spacial score (nSPS) is 9.90. The van der Waals surface area contributed by atoms with Crippen LogP contribution in [-0.2, 0) is 11.3 Å². The number of anilines is 1. The Morgan fingerprint density at radius 1 is 1.05 bits per heavy atom. The van der Waals surface area contributed by atoms with Crippen LogP contribution in [0.15, 0.2) is 54.6 Å². The van der Waals surface area contributed by atoms with E-state index >= 15 is 0 Å². The van der Waals surface area contributed by atoms with Crippen LogP contribution >= 0.6 is 0 Å². The van der Waals surface area contributed by atoms with Crippen molar-refractivity contribution in [3.8, 4) is 0 Å². The first kappa shape index (κ1) is 14.5. The van der Waals surface area contributed by atoms with E-state index in [1.54, 1.807) is 18.2 Å². The van der Waals surface area contributed by atoms with Gasteiger partial charge in [-0.2, -0.15) is 0 Å². The molecule has 2 rings (SSSR count). The molecule has 0 unspecified atom stereocenters. The predicted octanol–water partition coefficient (Wildman–Crippen LogP) is 2.32. The van der Waals surface area contributed by atoms with Crippen molar-refractivity contribution in [3.05, 3.63) is 70.3 Å². The van der Waals surface area contributed by atoms with Gasteiger partial charge in [0.15, 0.2) is 0 Å². The average molecular weight is 285 g/mol. The maximum atomic E-state index is 11.7. The third-order valence-corrected chi connectivity index (χ3v) is 2.89. The summed E-state index contributed by atoms with van der Waals surface area (Å²) < 4.78 is 0. The molecule has 0 atom stereocenters. The molecule has 0 aliphatic heterocycles. The highest BCUT2D eigenvalue weighted by Crippen LogP contribution is 2.16. The molecular formula is C15H15N3O3. The van der Waals surface area contributed by atoms with Crippen molar-refractivity contribution in [1.82, 2.24) is 5.32 Å². The van der Waals surface area contributed by atoms with E-state index in [-0.39, 0.29) is 24.7 Å². The number of hydrogen-bond donors (Lipinski definition) is 2. The minimum Gasteiger partial charge on any atom is -0.376 e. The van der Waals surface area contributed by atoms with E-state index in [1.165, 1.54) is 6.07 Å². The summed E-state index contributed by atoms with van der Waals surface area (Å²) in [4.78, 5) is 22.1. The Kier molecular flexibility index (Phi) is 4.87. The Balaban J connectivity index is 1.86. The molecule has 6 nitrogen and oxygen atoms in total. The number of carbonyl (C=O) groups is 1. The SMILES string of the molecule is O=C(CNc1ccccc1)NCc1ccccc1[N+](=O)[O-]. The molecule has 2 aromatic rings. The molecule has 2 aromatic carbocycles. The minimum absolute atomic E-state index is 0.00817. The van der Waals surface area contributed by atoms with Crippen molar-refractivity contribution in [2.24, 2.45) is 0 Å². The maximum absolute atomic E-state index is 11.7. The Bertz CT molecular complexity index is 629. The van der Waals surface area contributed by atoms with Crippen LogP contribution < -0.4 is 10.6 Å². The molecule has 0 aliphatic rings. The second kappa shape index (κ2) is 7.04. The van der Waals surface area contributed by atoms with E-state index in [0.717, 1.165) is 5.69 Å². The van der Waals surface area contributed by atoms with E-state index in [0.29, 0.717) is 5.56 Å². The third-order valence-electron chi connectivity index (χ3n) is 2.89. The molecule has 0 fully saturated rings. The summed E-state index contributed by atoms with van der Waals surface area (Å²) in [5.74, 6) is -0.225. The number of nitrogens with one attached hydrogen (secondary N) is 2. The van der Waals surface area contributed by atoms with Crippen LogP contribution in [0.25, 0.3) is 0 Å². The first-order chi connectivity index (χ1) is 10.2. The average Bonchev–Trinajstić information content (AvgIpc) is 2.52. The number of carbonyl (C=O) groups excluding carboxylic acids is 1. The van der Waals surface area contributed by atoms with Gasteiger partial charge in [-0.25, -0.2) is 0 Å². The summed E-state index contributed by atoms with van der Waals surface area (Å²) in [5, 5.41) is 16.5. The van der Waals surface area contributed by atoms with Gasteiger partial charge in [-0.1, -0.05) is 36.4 Å². The Morgan fingerprint density at radius 3 is 2.43 bits per heavy atom. The second-order valence-electron chi connectivity index (χ2n) is 4.38. The van der Waals surface area contributed by atoms with Crippen LogP contribution in [0.3, 0.4) is 0 Å². The van der Waals surface area contributed by atoms with Crippen molar-refractivity contribution in [1.29, 1.82) is 0 Å². The topological polar surface area (TPSA) is 84.3 Å². The Hall–Kier alpha value is -2.89. The van der Waals surface area contributed by atoms with E-state index in [1.807, 2.05) is 30.3 Å². The highest BCUT2D eigenvalue weighted by atomic mass is 16.6. The van der Waals surface area contributed by atoms with Gasteiger partial charge in [-0.15, -0.1) is 0 Å². The zero-order valence-corrected chi connectivity index (χ0v) is 11.3. The molecule has 108 valence electrons. The summed E-state index contributed by atoms with van der Waals surface area (Å²) in [6, 6.07) is 15.7. The highest BCUT2D eigenvalue weighted by Gasteiger charge is 2.12. The van der Waals surface area contributed by atoms with E-state index in [2.05, 4.69) is 10.6 Å². The minimum atomic E-state index is -0.455. The molecule has 0 aliphatic carbocycles. The van der Waals surface area contributed by atoms with Crippen molar-refractivity contribution in [2.75, 3.05) is 11.9 Å². The van der Waals surface area contributed by atoms with Crippen LogP contribution in [0.1, 0.15) is 5.56 Å². The van der Waals surface area contributed by atoms with E-state index < -0.39 is 4.92 Å². The molecule has 21 heavy (non-hydrogen) atoms. The molecular weight excluding hydrogens is 270 g/mol. The summed E-state index contributed by atoms with van der Waals surface area (Å²) in [6.45, 7) is 0.247. The predicted molar refractivity (Wildman–Crippen MR) is 79.9 cm³/mol. The van der Waals surface area contributed by atoms with Gasteiger partial charge in [0.2, 0.25) is 5.91 Å². The molecule has 0 saturated heterocycles. The lowest BCUT2D eigenvalue weighted by Gasteiger charge is -2.08. The van der Waals surface area contributed by atoms with Gasteiger partial charge in [-0.3, -0.25) is 14.9 Å². The van der Waals surface area contributed by atoms with Gasteiger partial charge in [0.25, 0.3) is 5.69 Å². The number of para-hydroxylation sites is 2. The summed E-state index contributed by atoms with van der Waals surface area (Å²) >= 11 is 0. The first-order valence-electron chi connectivity index (χ1n) is 6.45. The van der Waals surface area contributed by atoms with Crippen LogP contribution in [0.4, 0.5) is 11.4 Å². The first-order valence-corrected chi connectivity index (χ1v) is 6.45. The molecule has 0 radical (unpaired) electrons. The number of amides is 1. The van der Waals surface area contributed by atoms with Gasteiger partial charge in [-0.05, 0) is 12.1 Å². The molecule has 0 bridgehead atoms. The van der Waals surface area contributed by atoms with Gasteiger partial charge in [0, 0.05) is 23.9 Å². The smallest absolute Gasteiger partial charge is 0.274 e. The fourth-order valence-electron chi connectivity index (χ4n) is 1.83. The van der Waals surface area contributed by atoms with Gasteiger partial charge < -0.3 is 10.6 Å². The fourth-order valence-corrected chi connectivity index (χ4v) is 1.83. The third kappa shape index (κ3) is 4.31. The second-order valence-corrected chi connectivity index (χ2v) is 4.38. The van der Waals surface area contributed by atoms with Gasteiger partial charge in [0.05, 0.1) is 11.5 Å². The zero-order valence-electron chi connectivity index (χ0n) is 11.3. The molecule has 1 amide bonds. The van der Waals surface area contributed by atoms with Crippen molar-refractivity contribution < 1.29 is 9.72 Å². The number of benzene rings is 2. The number of hydrogen-bond acceptors (Lipinski definition) is 4. The van der Waals surface area contributed by atoms with Crippen LogP contribution in [0.5, 0.6) is 0 Å². The quantitative estimate of drug-likeness (QED) is 0.630. The summed E-state index contributed by atoms with van der Waals surface area (Å²) in [6.07, 6.45) is 0. The maximum Gasteiger partial charge on any atom is 0.274 e. The molecule has 2 N–H and O–H groups in total. The molecule has 0 spiro atoms. The van der Waals surface area contributed by atoms with Gasteiger partial charge >= 0.3 is 0 Å². The summed E-state index contributed by atoms with van der Waals surface area (Å²) in [5.41, 5.74) is 1.34. The molecule has 0 saturated carbocycles. The number of nitro benzene ring substituents is 1. The number of rotatable bonds is 6. The molecule has 6 heteroatoms. The lowest BCUT2D eigenvalue weighted by atomic mass is 10.2. The van der Waals surface area contributed by atoms with E-state index in [9.17, 15) is 14.9 Å². The largest absolute Gasteiger partial charge is 0.376 e. The van der Waals surface area contributed by atoms with E-state index in [4.69, 9.17) is 0 Å². The number of nitrogens with zero attached hydrogens (tertiary/aromatic N) is 1. The molecule has 0 aromatic heterocycles. The van der Waals surface area contributed by atoms with Crippen LogP contribution in [-0.4, -0.2) is 17.4 Å². The standard InChI is InChI=1S/C15H15N3O3/c19-15(11-16-13-7-2-1-3-8-13)17-10-12-6-4-5-9-14(12)18(20)21/h1-9,16H,10-11H2,(H,17,19). The lowest BCUT2D eigenvalue weighted by Crippen LogP contribution is -2.29. The van der Waals surface area contributed by atoms with Crippen molar-refractivity contribution in [3.63, 3.8) is 0 Å². The summed E-state index contributed by atoms with van der Waals surface area (Å²) in [7, 11) is 0. The van der Waals surface area contributed by atoms with Crippen LogP contribution in [0, 0.1) is 10.1 Å². The Morgan fingerprint density at radius 2 is 1.71 bits per heavy atom. The highest BCUT2D eigenvalue weighted by molar-refractivity contribution is 5.80. The lowest BCUT2D eigenvalue weighted by molar-refractivity contribution is -0.385. The molecule has 0 heterocycles.